The zero-order valence-corrected chi connectivity index (χ0v) is 11.9. The number of sulfonamides is 1. The summed E-state index contributed by atoms with van der Waals surface area (Å²) < 4.78 is 41.6. The minimum absolute atomic E-state index is 0.119. The van der Waals surface area contributed by atoms with Crippen LogP contribution in [0.15, 0.2) is 29.3 Å². The molecule has 0 saturated heterocycles. The van der Waals surface area contributed by atoms with Gasteiger partial charge in [-0.05, 0) is 31.5 Å². The molecule has 0 unspecified atom stereocenters. The molecular formula is C12H15FN4O2S. The standard InChI is InChI=1S/C12H15FN4O2S/c1-3-17-7-11(12(14)15-17)20(18,19)16-10-5-4-8(2)6-9(10)13/h4-7,16H,3H2,1-2H3,(H2,14,15). The number of hydrogen-bond donors (Lipinski definition) is 2. The van der Waals surface area contributed by atoms with Crippen LogP contribution < -0.4 is 10.5 Å². The molecule has 0 aliphatic carbocycles. The minimum atomic E-state index is -3.97. The first-order valence-corrected chi connectivity index (χ1v) is 7.43. The summed E-state index contributed by atoms with van der Waals surface area (Å²) >= 11 is 0. The van der Waals surface area contributed by atoms with Crippen LogP contribution in [0.5, 0.6) is 0 Å². The predicted molar refractivity (Wildman–Crippen MR) is 74.3 cm³/mol. The van der Waals surface area contributed by atoms with Gasteiger partial charge in [-0.15, -0.1) is 0 Å². The molecule has 1 heterocycles. The fraction of sp³-hybridized carbons (Fsp3) is 0.250. The number of benzene rings is 1. The van der Waals surface area contributed by atoms with E-state index < -0.39 is 15.8 Å². The van der Waals surface area contributed by atoms with Crippen LogP contribution in [0.4, 0.5) is 15.9 Å². The van der Waals surface area contributed by atoms with E-state index in [-0.39, 0.29) is 16.4 Å². The average molecular weight is 298 g/mol. The molecule has 2 aromatic rings. The summed E-state index contributed by atoms with van der Waals surface area (Å²) in [5.41, 5.74) is 6.15. The van der Waals surface area contributed by atoms with E-state index in [0.29, 0.717) is 12.1 Å². The number of hydrogen-bond acceptors (Lipinski definition) is 4. The Morgan fingerprint density at radius 1 is 1.45 bits per heavy atom. The largest absolute Gasteiger partial charge is 0.381 e. The molecule has 2 rings (SSSR count). The van der Waals surface area contributed by atoms with Gasteiger partial charge >= 0.3 is 0 Å². The molecule has 20 heavy (non-hydrogen) atoms. The Morgan fingerprint density at radius 2 is 2.15 bits per heavy atom. The van der Waals surface area contributed by atoms with E-state index in [1.807, 2.05) is 0 Å². The Balaban J connectivity index is 2.38. The summed E-state index contributed by atoms with van der Waals surface area (Å²) in [6, 6.07) is 4.22. The predicted octanol–water partition coefficient (Wildman–Crippen LogP) is 1.73. The van der Waals surface area contributed by atoms with E-state index >= 15 is 0 Å². The number of anilines is 2. The van der Waals surface area contributed by atoms with Crippen molar-refractivity contribution in [2.45, 2.75) is 25.3 Å². The lowest BCUT2D eigenvalue weighted by Gasteiger charge is -2.08. The zero-order chi connectivity index (χ0) is 14.9. The molecule has 8 heteroatoms. The lowest BCUT2D eigenvalue weighted by molar-refractivity contribution is 0.598. The van der Waals surface area contributed by atoms with Crippen molar-refractivity contribution in [3.63, 3.8) is 0 Å². The summed E-state index contributed by atoms with van der Waals surface area (Å²) in [5.74, 6) is -0.762. The van der Waals surface area contributed by atoms with E-state index in [9.17, 15) is 12.8 Å². The Labute approximate surface area is 116 Å². The molecule has 6 nitrogen and oxygen atoms in total. The van der Waals surface area contributed by atoms with Gasteiger partial charge in [0.2, 0.25) is 0 Å². The first kappa shape index (κ1) is 14.3. The van der Waals surface area contributed by atoms with Gasteiger partial charge in [0.15, 0.2) is 5.82 Å². The van der Waals surface area contributed by atoms with Gasteiger partial charge in [0.1, 0.15) is 10.7 Å². The molecule has 0 saturated carbocycles. The second-order valence-electron chi connectivity index (χ2n) is 4.32. The minimum Gasteiger partial charge on any atom is -0.381 e. The van der Waals surface area contributed by atoms with Gasteiger partial charge in [-0.3, -0.25) is 9.40 Å². The van der Waals surface area contributed by atoms with Crippen molar-refractivity contribution in [3.8, 4) is 0 Å². The molecule has 3 N–H and O–H groups in total. The molecule has 0 spiro atoms. The number of nitrogens with two attached hydrogens (primary N) is 1. The quantitative estimate of drug-likeness (QED) is 0.899. The highest BCUT2D eigenvalue weighted by atomic mass is 32.2. The molecule has 0 fully saturated rings. The maximum absolute atomic E-state index is 13.7. The lowest BCUT2D eigenvalue weighted by Crippen LogP contribution is -2.15. The van der Waals surface area contributed by atoms with Crippen LogP contribution in [0.3, 0.4) is 0 Å². The molecule has 0 atom stereocenters. The topological polar surface area (TPSA) is 90.0 Å². The highest BCUT2D eigenvalue weighted by Gasteiger charge is 2.22. The van der Waals surface area contributed by atoms with Crippen LogP contribution in [-0.2, 0) is 16.6 Å². The second-order valence-corrected chi connectivity index (χ2v) is 5.97. The second kappa shape index (κ2) is 5.12. The molecule has 0 bridgehead atoms. The van der Waals surface area contributed by atoms with Gasteiger partial charge in [-0.25, -0.2) is 12.8 Å². The summed E-state index contributed by atoms with van der Waals surface area (Å²) in [5, 5.41) is 3.86. The first-order valence-electron chi connectivity index (χ1n) is 5.95. The summed E-state index contributed by atoms with van der Waals surface area (Å²) in [6.45, 7) is 4.00. The van der Waals surface area contributed by atoms with Gasteiger partial charge in [-0.2, -0.15) is 5.10 Å². The normalized spacial score (nSPS) is 11.6. The fourth-order valence-electron chi connectivity index (χ4n) is 1.69. The number of nitrogens with zero attached hydrogens (tertiary/aromatic N) is 2. The summed E-state index contributed by atoms with van der Waals surface area (Å²) in [7, 11) is -3.97. The Bertz CT molecular complexity index is 740. The van der Waals surface area contributed by atoms with Crippen LogP contribution >= 0.6 is 0 Å². The van der Waals surface area contributed by atoms with E-state index in [1.54, 1.807) is 19.9 Å². The van der Waals surface area contributed by atoms with E-state index in [1.165, 1.54) is 23.0 Å². The zero-order valence-electron chi connectivity index (χ0n) is 11.1. The van der Waals surface area contributed by atoms with E-state index in [2.05, 4.69) is 9.82 Å². The first-order chi connectivity index (χ1) is 9.33. The summed E-state index contributed by atoms with van der Waals surface area (Å²) in [6.07, 6.45) is 1.31. The smallest absolute Gasteiger partial charge is 0.267 e. The van der Waals surface area contributed by atoms with Crippen molar-refractivity contribution in [1.29, 1.82) is 0 Å². The highest BCUT2D eigenvalue weighted by molar-refractivity contribution is 7.92. The third-order valence-corrected chi connectivity index (χ3v) is 4.12. The van der Waals surface area contributed by atoms with E-state index in [0.717, 1.165) is 0 Å². The fourth-order valence-corrected chi connectivity index (χ4v) is 2.83. The van der Waals surface area contributed by atoms with Crippen LogP contribution in [-0.4, -0.2) is 18.2 Å². The molecule has 1 aromatic heterocycles. The molecule has 108 valence electrons. The summed E-state index contributed by atoms with van der Waals surface area (Å²) in [4.78, 5) is -0.167. The van der Waals surface area contributed by atoms with Crippen LogP contribution in [0, 0.1) is 12.7 Å². The molecule has 0 aliphatic rings. The molecule has 0 aliphatic heterocycles. The number of aryl methyl sites for hydroxylation is 2. The van der Waals surface area contributed by atoms with Crippen LogP contribution in [0.2, 0.25) is 0 Å². The molecule has 0 amide bonds. The number of nitrogens with one attached hydrogen (secondary N) is 1. The van der Waals surface area contributed by atoms with Crippen molar-refractivity contribution >= 4 is 21.5 Å². The third kappa shape index (κ3) is 2.74. The average Bonchev–Trinajstić information content (AvgIpc) is 2.75. The number of aromatic nitrogens is 2. The van der Waals surface area contributed by atoms with Gasteiger partial charge in [0.05, 0.1) is 5.69 Å². The molecule has 0 radical (unpaired) electrons. The SMILES string of the molecule is CCn1cc(S(=O)(=O)Nc2ccc(C)cc2F)c(N)n1. The van der Waals surface area contributed by atoms with Gasteiger partial charge < -0.3 is 5.73 Å². The van der Waals surface area contributed by atoms with Crippen molar-refractivity contribution < 1.29 is 12.8 Å². The van der Waals surface area contributed by atoms with Crippen molar-refractivity contribution in [3.05, 3.63) is 35.8 Å². The Hall–Kier alpha value is -2.09. The number of nitrogen functional groups attached to an aromatic ring is 1. The maximum atomic E-state index is 13.7. The van der Waals surface area contributed by atoms with Crippen molar-refractivity contribution in [2.24, 2.45) is 0 Å². The lowest BCUT2D eigenvalue weighted by atomic mass is 10.2. The maximum Gasteiger partial charge on any atom is 0.267 e. The van der Waals surface area contributed by atoms with Gasteiger partial charge in [-0.1, -0.05) is 6.07 Å². The van der Waals surface area contributed by atoms with Crippen LogP contribution in [0.1, 0.15) is 12.5 Å². The number of rotatable bonds is 4. The van der Waals surface area contributed by atoms with Crippen molar-refractivity contribution in [1.82, 2.24) is 9.78 Å². The highest BCUT2D eigenvalue weighted by Crippen LogP contribution is 2.22. The Kier molecular flexibility index (Phi) is 3.67. The third-order valence-electron chi connectivity index (χ3n) is 2.74. The van der Waals surface area contributed by atoms with Gasteiger partial charge in [0.25, 0.3) is 10.0 Å². The molecular weight excluding hydrogens is 283 g/mol. The van der Waals surface area contributed by atoms with Crippen LogP contribution in [0.25, 0.3) is 0 Å². The number of halogens is 1. The molecule has 1 aromatic carbocycles. The van der Waals surface area contributed by atoms with Gasteiger partial charge in [0, 0.05) is 12.7 Å². The monoisotopic (exact) mass is 298 g/mol. The Morgan fingerprint density at radius 3 is 2.70 bits per heavy atom. The van der Waals surface area contributed by atoms with E-state index in [4.69, 9.17) is 5.73 Å². The van der Waals surface area contributed by atoms with Crippen molar-refractivity contribution in [2.75, 3.05) is 10.5 Å².